The summed E-state index contributed by atoms with van der Waals surface area (Å²) in [6, 6.07) is 3.83. The van der Waals surface area contributed by atoms with Crippen molar-refractivity contribution in [3.8, 4) is 11.5 Å². The van der Waals surface area contributed by atoms with Gasteiger partial charge in [-0.05, 0) is 0 Å². The lowest BCUT2D eigenvalue weighted by atomic mass is 10.3. The molecule has 8 heteroatoms. The Morgan fingerprint density at radius 1 is 1.17 bits per heavy atom. The summed E-state index contributed by atoms with van der Waals surface area (Å²) in [6.45, 7) is 2.06. The molecule has 0 spiro atoms. The van der Waals surface area contributed by atoms with Gasteiger partial charge in [-0.15, -0.1) is 0 Å². The summed E-state index contributed by atoms with van der Waals surface area (Å²) in [5.74, 6) is 1.39. The molecule has 7 nitrogen and oxygen atoms in total. The van der Waals surface area contributed by atoms with Gasteiger partial charge in [-0.2, -0.15) is 5.10 Å². The number of hydrogen-bond donors (Lipinski definition) is 1. The van der Waals surface area contributed by atoms with Crippen molar-refractivity contribution in [3.63, 3.8) is 0 Å². The van der Waals surface area contributed by atoms with Crippen molar-refractivity contribution in [1.29, 1.82) is 0 Å². The van der Waals surface area contributed by atoms with Gasteiger partial charge in [0.25, 0.3) is 0 Å². The number of nitrogens with zero attached hydrogens (tertiary/aromatic N) is 3. The van der Waals surface area contributed by atoms with Crippen LogP contribution < -0.4 is 14.8 Å². The minimum absolute atomic E-state index is 0.649. The third-order valence-corrected chi connectivity index (χ3v) is 4.52. The minimum Gasteiger partial charge on any atom is -0.493 e. The van der Waals surface area contributed by atoms with Crippen molar-refractivity contribution in [3.05, 3.63) is 30.1 Å². The molecule has 128 valence electrons. The van der Waals surface area contributed by atoms with Crippen molar-refractivity contribution in [2.75, 3.05) is 33.3 Å². The van der Waals surface area contributed by atoms with Crippen LogP contribution in [0.2, 0.25) is 0 Å². The Bertz CT molecular complexity index is 774. The molecule has 0 aliphatic carbocycles. The molecule has 0 aliphatic heterocycles. The second kappa shape index (κ2) is 7.50. The molecule has 0 amide bonds. The molecule has 2 heterocycles. The van der Waals surface area contributed by atoms with Crippen molar-refractivity contribution in [2.24, 2.45) is 0 Å². The van der Waals surface area contributed by atoms with Crippen LogP contribution in [0.5, 0.6) is 11.5 Å². The molecule has 0 saturated heterocycles. The molecule has 2 aromatic heterocycles. The number of anilines is 1. The second-order valence-corrected chi connectivity index (χ2v) is 6.18. The first kappa shape index (κ1) is 16.5. The van der Waals surface area contributed by atoms with E-state index in [1.807, 2.05) is 29.2 Å². The monoisotopic (exact) mass is 348 g/mol. The van der Waals surface area contributed by atoms with E-state index in [2.05, 4.69) is 15.4 Å². The summed E-state index contributed by atoms with van der Waals surface area (Å²) in [7, 11) is 4.94. The van der Waals surface area contributed by atoms with E-state index in [-0.39, 0.29) is 0 Å². The maximum Gasteiger partial charge on any atom is 0.184 e. The predicted octanol–water partition coefficient (Wildman–Crippen LogP) is 2.77. The molecule has 0 radical (unpaired) electrons. The predicted molar refractivity (Wildman–Crippen MR) is 94.2 cm³/mol. The summed E-state index contributed by atoms with van der Waals surface area (Å²) < 4.78 is 18.6. The maximum atomic E-state index is 5.33. The van der Waals surface area contributed by atoms with Gasteiger partial charge in [-0.25, -0.2) is 4.98 Å². The van der Waals surface area contributed by atoms with E-state index in [0.29, 0.717) is 24.7 Å². The Labute approximate surface area is 144 Å². The summed E-state index contributed by atoms with van der Waals surface area (Å²) >= 11 is 1.58. The fraction of sp³-hybridized carbons (Fsp3) is 0.375. The van der Waals surface area contributed by atoms with Gasteiger partial charge < -0.3 is 19.5 Å². The fourth-order valence-corrected chi connectivity index (χ4v) is 3.18. The molecule has 0 saturated carbocycles. The van der Waals surface area contributed by atoms with Crippen LogP contribution >= 0.6 is 11.3 Å². The lowest BCUT2D eigenvalue weighted by Crippen LogP contribution is -2.04. The van der Waals surface area contributed by atoms with Crippen LogP contribution in [0.15, 0.2) is 24.5 Å². The smallest absolute Gasteiger partial charge is 0.184 e. The van der Waals surface area contributed by atoms with Gasteiger partial charge in [-0.3, -0.25) is 4.68 Å². The van der Waals surface area contributed by atoms with Crippen LogP contribution in [0.1, 0.15) is 5.56 Å². The van der Waals surface area contributed by atoms with Crippen molar-refractivity contribution >= 4 is 26.7 Å². The number of rotatable bonds is 8. The highest BCUT2D eigenvalue weighted by Gasteiger charge is 2.10. The van der Waals surface area contributed by atoms with Crippen molar-refractivity contribution in [1.82, 2.24) is 14.8 Å². The average molecular weight is 348 g/mol. The lowest BCUT2D eigenvalue weighted by Gasteiger charge is -2.05. The Morgan fingerprint density at radius 2 is 1.96 bits per heavy atom. The van der Waals surface area contributed by atoms with Gasteiger partial charge >= 0.3 is 0 Å². The first-order chi connectivity index (χ1) is 11.7. The molecule has 0 aliphatic rings. The molecule has 1 aromatic carbocycles. The number of benzene rings is 1. The minimum atomic E-state index is 0.649. The van der Waals surface area contributed by atoms with Crippen LogP contribution in [-0.4, -0.2) is 42.7 Å². The standard InChI is InChI=1S/C16H20N4O3S/c1-21-5-4-20-10-11(9-18-20)8-17-16-19-12-6-13(22-2)14(23-3)7-15(12)24-16/h6-7,9-10H,4-5,8H2,1-3H3,(H,17,19). The molecular weight excluding hydrogens is 328 g/mol. The molecule has 1 N–H and O–H groups in total. The van der Waals surface area contributed by atoms with Crippen molar-refractivity contribution < 1.29 is 14.2 Å². The van der Waals surface area contributed by atoms with Gasteiger partial charge in [0.1, 0.15) is 0 Å². The van der Waals surface area contributed by atoms with Crippen molar-refractivity contribution in [2.45, 2.75) is 13.1 Å². The number of ether oxygens (including phenoxy) is 3. The van der Waals surface area contributed by atoms with E-state index in [1.54, 1.807) is 32.7 Å². The molecule has 0 fully saturated rings. The summed E-state index contributed by atoms with van der Waals surface area (Å²) in [5.41, 5.74) is 1.98. The topological polar surface area (TPSA) is 70.4 Å². The highest BCUT2D eigenvalue weighted by atomic mass is 32.1. The number of nitrogens with one attached hydrogen (secondary N) is 1. The molecular formula is C16H20N4O3S. The number of aromatic nitrogens is 3. The van der Waals surface area contributed by atoms with Gasteiger partial charge in [0, 0.05) is 37.5 Å². The quantitative estimate of drug-likeness (QED) is 0.675. The van der Waals surface area contributed by atoms with Crippen LogP contribution in [0.25, 0.3) is 10.2 Å². The molecule has 0 bridgehead atoms. The van der Waals surface area contributed by atoms with Crippen LogP contribution in [0.3, 0.4) is 0 Å². The van der Waals surface area contributed by atoms with E-state index < -0.39 is 0 Å². The van der Waals surface area contributed by atoms with Crippen LogP contribution in [0, 0.1) is 0 Å². The maximum absolute atomic E-state index is 5.33. The zero-order valence-electron chi connectivity index (χ0n) is 13.9. The highest BCUT2D eigenvalue weighted by molar-refractivity contribution is 7.22. The molecule has 0 unspecified atom stereocenters. The summed E-state index contributed by atoms with van der Waals surface area (Å²) in [5, 5.41) is 8.49. The first-order valence-electron chi connectivity index (χ1n) is 7.50. The number of methoxy groups -OCH3 is 3. The Morgan fingerprint density at radius 3 is 2.71 bits per heavy atom. The summed E-state index contributed by atoms with van der Waals surface area (Å²) in [6.07, 6.45) is 3.85. The largest absolute Gasteiger partial charge is 0.493 e. The van der Waals surface area contributed by atoms with E-state index in [1.165, 1.54) is 0 Å². The number of thiazole rings is 1. The molecule has 3 rings (SSSR count). The second-order valence-electron chi connectivity index (χ2n) is 5.15. The lowest BCUT2D eigenvalue weighted by molar-refractivity contribution is 0.183. The van der Waals surface area contributed by atoms with Gasteiger partial charge in [0.15, 0.2) is 16.6 Å². The third kappa shape index (κ3) is 3.60. The Kier molecular flexibility index (Phi) is 5.17. The van der Waals surface area contributed by atoms with E-state index in [9.17, 15) is 0 Å². The Balaban J connectivity index is 1.70. The highest BCUT2D eigenvalue weighted by Crippen LogP contribution is 2.36. The Hall–Kier alpha value is -2.32. The van der Waals surface area contributed by atoms with Crippen LogP contribution in [0.4, 0.5) is 5.13 Å². The zero-order valence-corrected chi connectivity index (χ0v) is 14.7. The number of fused-ring (bicyclic) bond motifs is 1. The number of hydrogen-bond acceptors (Lipinski definition) is 7. The third-order valence-electron chi connectivity index (χ3n) is 3.55. The van der Waals surface area contributed by atoms with E-state index in [4.69, 9.17) is 14.2 Å². The van der Waals surface area contributed by atoms with Gasteiger partial charge in [-0.1, -0.05) is 11.3 Å². The first-order valence-corrected chi connectivity index (χ1v) is 8.32. The summed E-state index contributed by atoms with van der Waals surface area (Å²) in [4.78, 5) is 4.59. The SMILES string of the molecule is COCCn1cc(CNc2nc3cc(OC)c(OC)cc3s2)cn1. The van der Waals surface area contributed by atoms with E-state index >= 15 is 0 Å². The molecule has 3 aromatic rings. The normalized spacial score (nSPS) is 11.0. The van der Waals surface area contributed by atoms with Gasteiger partial charge in [0.05, 0.1) is 43.8 Å². The van der Waals surface area contributed by atoms with Crippen LogP contribution in [-0.2, 0) is 17.8 Å². The molecule has 0 atom stereocenters. The van der Waals surface area contributed by atoms with Gasteiger partial charge in [0.2, 0.25) is 0 Å². The fourth-order valence-electron chi connectivity index (χ4n) is 2.31. The zero-order chi connectivity index (χ0) is 16.9. The van der Waals surface area contributed by atoms with E-state index in [0.717, 1.165) is 27.5 Å². The molecule has 24 heavy (non-hydrogen) atoms. The average Bonchev–Trinajstić information content (AvgIpc) is 3.22.